The van der Waals surface area contributed by atoms with E-state index in [4.69, 9.17) is 4.74 Å². The highest BCUT2D eigenvalue weighted by Gasteiger charge is 2.27. The summed E-state index contributed by atoms with van der Waals surface area (Å²) in [6.45, 7) is 6.88. The predicted molar refractivity (Wildman–Crippen MR) is 121 cm³/mol. The summed E-state index contributed by atoms with van der Waals surface area (Å²) >= 11 is 0. The van der Waals surface area contributed by atoms with Crippen LogP contribution >= 0.6 is 0 Å². The van der Waals surface area contributed by atoms with Gasteiger partial charge in [0.1, 0.15) is 23.2 Å². The van der Waals surface area contributed by atoms with Gasteiger partial charge in [-0.2, -0.15) is 0 Å². The summed E-state index contributed by atoms with van der Waals surface area (Å²) in [5.74, 6) is -4.32. The lowest BCUT2D eigenvalue weighted by atomic mass is 10.0. The summed E-state index contributed by atoms with van der Waals surface area (Å²) in [6.07, 6.45) is 0.675. The molecule has 0 fully saturated rings. The lowest BCUT2D eigenvalue weighted by Gasteiger charge is -2.22. The maximum absolute atomic E-state index is 13.9. The third-order valence-electron chi connectivity index (χ3n) is 4.77. The van der Waals surface area contributed by atoms with Crippen LogP contribution in [-0.4, -0.2) is 43.5 Å². The molecular weight excluding hydrogens is 432 g/mol. The van der Waals surface area contributed by atoms with Crippen molar-refractivity contribution in [1.82, 2.24) is 10.6 Å². The highest BCUT2D eigenvalue weighted by molar-refractivity contribution is 6.02. The maximum atomic E-state index is 13.9. The molecule has 0 unspecified atom stereocenters. The van der Waals surface area contributed by atoms with Crippen LogP contribution in [0.15, 0.2) is 42.5 Å². The number of benzene rings is 2. The molecule has 0 spiro atoms. The first kappa shape index (κ1) is 25.9. The molecular formula is C24H29F2N3O4. The number of hydrogen-bond acceptors (Lipinski definition) is 4. The molecule has 0 radical (unpaired) electrons. The summed E-state index contributed by atoms with van der Waals surface area (Å²) < 4.78 is 33.1. The SMILES string of the molecule is CCOCCCNC(=O)c1cccc(NC(=O)[C@@H](NC(=O)c2c(F)cccc2F)C(C)C)c1. The Morgan fingerprint density at radius 2 is 1.67 bits per heavy atom. The lowest BCUT2D eigenvalue weighted by Crippen LogP contribution is -2.47. The van der Waals surface area contributed by atoms with Gasteiger partial charge >= 0.3 is 0 Å². The van der Waals surface area contributed by atoms with Gasteiger partial charge in [-0.15, -0.1) is 0 Å². The molecule has 0 saturated heterocycles. The van der Waals surface area contributed by atoms with Gasteiger partial charge in [-0.1, -0.05) is 26.0 Å². The maximum Gasteiger partial charge on any atom is 0.257 e. The normalized spacial score (nSPS) is 11.7. The van der Waals surface area contributed by atoms with Crippen LogP contribution < -0.4 is 16.0 Å². The Kier molecular flexibility index (Phi) is 9.93. The van der Waals surface area contributed by atoms with Gasteiger partial charge < -0.3 is 20.7 Å². The molecule has 0 aliphatic carbocycles. The second-order valence-electron chi connectivity index (χ2n) is 7.67. The van der Waals surface area contributed by atoms with Crippen molar-refractivity contribution >= 4 is 23.4 Å². The first-order valence-electron chi connectivity index (χ1n) is 10.8. The van der Waals surface area contributed by atoms with E-state index < -0.39 is 35.1 Å². The number of carbonyl (C=O) groups excluding carboxylic acids is 3. The Hall–Kier alpha value is -3.33. The smallest absolute Gasteiger partial charge is 0.257 e. The minimum absolute atomic E-state index is 0.300. The average Bonchev–Trinajstić information content (AvgIpc) is 2.77. The summed E-state index contributed by atoms with van der Waals surface area (Å²) in [4.78, 5) is 37.6. The minimum atomic E-state index is -1.06. The van der Waals surface area contributed by atoms with E-state index >= 15 is 0 Å². The van der Waals surface area contributed by atoms with Gasteiger partial charge in [0.15, 0.2) is 0 Å². The van der Waals surface area contributed by atoms with Crippen LogP contribution in [-0.2, 0) is 9.53 Å². The van der Waals surface area contributed by atoms with Crippen LogP contribution in [0.4, 0.5) is 14.5 Å². The second-order valence-corrected chi connectivity index (χ2v) is 7.67. The molecule has 9 heteroatoms. The third-order valence-corrected chi connectivity index (χ3v) is 4.77. The Bertz CT molecular complexity index is 962. The van der Waals surface area contributed by atoms with E-state index in [1.165, 1.54) is 6.07 Å². The van der Waals surface area contributed by atoms with Crippen molar-refractivity contribution in [2.24, 2.45) is 5.92 Å². The molecule has 3 amide bonds. The second kappa shape index (κ2) is 12.6. The molecule has 0 aromatic heterocycles. The molecule has 0 aliphatic heterocycles. The fourth-order valence-electron chi connectivity index (χ4n) is 3.04. The van der Waals surface area contributed by atoms with Crippen molar-refractivity contribution in [3.63, 3.8) is 0 Å². The zero-order chi connectivity index (χ0) is 24.4. The molecule has 178 valence electrons. The summed E-state index contributed by atoms with van der Waals surface area (Å²) in [7, 11) is 0. The van der Waals surface area contributed by atoms with Crippen molar-refractivity contribution in [3.8, 4) is 0 Å². The standard InChI is InChI=1S/C24H29F2N3O4/c1-4-33-13-7-12-27-22(30)16-8-5-9-17(14-16)28-24(32)21(15(2)3)29-23(31)20-18(25)10-6-11-19(20)26/h5-6,8-11,14-15,21H,4,7,12-13H2,1-3H3,(H,27,30)(H,28,32)(H,29,31)/t21-/m0/s1. The molecule has 3 N–H and O–H groups in total. The quantitative estimate of drug-likeness (QED) is 0.446. The van der Waals surface area contributed by atoms with E-state index in [1.54, 1.807) is 32.0 Å². The van der Waals surface area contributed by atoms with E-state index in [9.17, 15) is 23.2 Å². The monoisotopic (exact) mass is 461 g/mol. The number of halogens is 2. The van der Waals surface area contributed by atoms with Gasteiger partial charge in [-0.3, -0.25) is 14.4 Å². The van der Waals surface area contributed by atoms with E-state index in [2.05, 4.69) is 16.0 Å². The van der Waals surface area contributed by atoms with E-state index in [0.29, 0.717) is 37.4 Å². The van der Waals surface area contributed by atoms with Gasteiger partial charge in [-0.25, -0.2) is 8.78 Å². The van der Waals surface area contributed by atoms with Crippen LogP contribution in [0.1, 0.15) is 47.9 Å². The zero-order valence-corrected chi connectivity index (χ0v) is 18.9. The Balaban J connectivity index is 2.04. The molecule has 33 heavy (non-hydrogen) atoms. The minimum Gasteiger partial charge on any atom is -0.382 e. The number of nitrogens with one attached hydrogen (secondary N) is 3. The zero-order valence-electron chi connectivity index (χ0n) is 18.9. The molecule has 2 rings (SSSR count). The van der Waals surface area contributed by atoms with Gasteiger partial charge in [0.2, 0.25) is 5.91 Å². The number of anilines is 1. The van der Waals surface area contributed by atoms with Crippen LogP contribution in [0.5, 0.6) is 0 Å². The Morgan fingerprint density at radius 1 is 1.00 bits per heavy atom. The summed E-state index contributed by atoms with van der Waals surface area (Å²) in [6, 6.07) is 8.35. The number of hydrogen-bond donors (Lipinski definition) is 3. The topological polar surface area (TPSA) is 96.5 Å². The number of carbonyl (C=O) groups is 3. The first-order valence-corrected chi connectivity index (χ1v) is 10.8. The van der Waals surface area contributed by atoms with E-state index in [-0.39, 0.29) is 11.8 Å². The van der Waals surface area contributed by atoms with Crippen LogP contribution in [0.25, 0.3) is 0 Å². The van der Waals surface area contributed by atoms with E-state index in [0.717, 1.165) is 18.2 Å². The molecule has 2 aromatic rings. The number of amides is 3. The molecule has 7 nitrogen and oxygen atoms in total. The number of rotatable bonds is 11. The molecule has 0 aliphatic rings. The van der Waals surface area contributed by atoms with Crippen molar-refractivity contribution in [1.29, 1.82) is 0 Å². The lowest BCUT2D eigenvalue weighted by molar-refractivity contribution is -0.118. The Labute approximate surface area is 191 Å². The molecule has 1 atom stereocenters. The van der Waals surface area contributed by atoms with Gasteiger partial charge in [-0.05, 0) is 49.6 Å². The van der Waals surface area contributed by atoms with Crippen molar-refractivity contribution in [3.05, 3.63) is 65.2 Å². The summed E-state index contributed by atoms with van der Waals surface area (Å²) in [5.41, 5.74) is -0.0549. The highest BCUT2D eigenvalue weighted by Crippen LogP contribution is 2.15. The fourth-order valence-corrected chi connectivity index (χ4v) is 3.04. The largest absolute Gasteiger partial charge is 0.382 e. The molecule has 0 saturated carbocycles. The van der Waals surface area contributed by atoms with Gasteiger partial charge in [0.25, 0.3) is 11.8 Å². The molecule has 2 aromatic carbocycles. The molecule has 0 bridgehead atoms. The Morgan fingerprint density at radius 3 is 2.30 bits per heavy atom. The van der Waals surface area contributed by atoms with Crippen LogP contribution in [0, 0.1) is 17.6 Å². The van der Waals surface area contributed by atoms with Crippen molar-refractivity contribution < 1.29 is 27.9 Å². The summed E-state index contributed by atoms with van der Waals surface area (Å²) in [5, 5.41) is 7.82. The highest BCUT2D eigenvalue weighted by atomic mass is 19.1. The van der Waals surface area contributed by atoms with Crippen molar-refractivity contribution in [2.75, 3.05) is 25.1 Å². The average molecular weight is 462 g/mol. The van der Waals surface area contributed by atoms with E-state index in [1.807, 2.05) is 6.92 Å². The van der Waals surface area contributed by atoms with Gasteiger partial charge in [0, 0.05) is 31.0 Å². The first-order chi connectivity index (χ1) is 15.7. The third kappa shape index (κ3) is 7.64. The van der Waals surface area contributed by atoms with Crippen LogP contribution in [0.3, 0.4) is 0 Å². The van der Waals surface area contributed by atoms with Gasteiger partial charge in [0.05, 0.1) is 0 Å². The number of ether oxygens (including phenoxy) is 1. The van der Waals surface area contributed by atoms with Crippen LogP contribution in [0.2, 0.25) is 0 Å². The predicted octanol–water partition coefficient (Wildman–Crippen LogP) is 3.51. The molecule has 0 heterocycles. The fraction of sp³-hybridized carbons (Fsp3) is 0.375. The van der Waals surface area contributed by atoms with Crippen molar-refractivity contribution in [2.45, 2.75) is 33.2 Å².